The van der Waals surface area contributed by atoms with Crippen LogP contribution in [0.3, 0.4) is 0 Å². The minimum absolute atomic E-state index is 0.219. The van der Waals surface area contributed by atoms with Crippen LogP contribution in [0.2, 0.25) is 0 Å². The Labute approximate surface area is 84.3 Å². The zero-order chi connectivity index (χ0) is 10.2. The Bertz CT molecular complexity index is 319. The molecule has 0 bridgehead atoms. The second kappa shape index (κ2) is 6.33. The average molecular weight is 216 g/mol. The summed E-state index contributed by atoms with van der Waals surface area (Å²) in [6.45, 7) is 0.893. The number of hydrogen-bond donors (Lipinski definition) is 2. The predicted molar refractivity (Wildman–Crippen MR) is 53.6 cm³/mol. The van der Waals surface area contributed by atoms with Crippen molar-refractivity contribution in [1.82, 2.24) is 4.98 Å². The molecule has 0 aliphatic heterocycles. The van der Waals surface area contributed by atoms with Gasteiger partial charge in [-0.3, -0.25) is 9.17 Å². The second-order valence-corrected chi connectivity index (χ2v) is 3.28. The number of hydrogen-bond acceptors (Lipinski definition) is 5. The largest absolute Gasteiger partial charge is 0.385 e. The molecule has 0 fully saturated rings. The van der Waals surface area contributed by atoms with Crippen molar-refractivity contribution in [3.05, 3.63) is 24.5 Å². The summed E-state index contributed by atoms with van der Waals surface area (Å²) in [4.78, 5) is 3.87. The maximum Gasteiger partial charge on any atom is 0.257 e. The first-order chi connectivity index (χ1) is 6.79. The molecule has 0 aromatic carbocycles. The highest BCUT2D eigenvalue weighted by atomic mass is 32.2. The van der Waals surface area contributed by atoms with Gasteiger partial charge in [0.15, 0.2) is 0 Å². The Hall–Kier alpha value is -1.14. The van der Waals surface area contributed by atoms with Crippen molar-refractivity contribution in [3.8, 4) is 0 Å². The van der Waals surface area contributed by atoms with Gasteiger partial charge in [-0.25, -0.2) is 8.42 Å². The maximum absolute atomic E-state index is 10.0. The van der Waals surface area contributed by atoms with Gasteiger partial charge in [-0.1, -0.05) is 0 Å². The van der Waals surface area contributed by atoms with Gasteiger partial charge in [0.05, 0.1) is 6.61 Å². The van der Waals surface area contributed by atoms with Gasteiger partial charge in [-0.15, -0.1) is 0 Å². The third-order valence-electron chi connectivity index (χ3n) is 1.53. The van der Waals surface area contributed by atoms with Crippen LogP contribution in [0.5, 0.6) is 0 Å². The summed E-state index contributed by atoms with van der Waals surface area (Å²) in [6, 6.07) is 3.68. The summed E-state index contributed by atoms with van der Waals surface area (Å²) >= 11 is 0. The molecule has 1 rings (SSSR count). The average Bonchev–Trinajstić information content (AvgIpc) is 2.18. The summed E-state index contributed by atoms with van der Waals surface area (Å²) in [6.07, 6.45) is 4.02. The maximum atomic E-state index is 10.0. The Balaban J connectivity index is 2.10. The van der Waals surface area contributed by atoms with Gasteiger partial charge in [0, 0.05) is 24.6 Å². The van der Waals surface area contributed by atoms with Crippen molar-refractivity contribution in [2.45, 2.75) is 6.42 Å². The Morgan fingerprint density at radius 2 is 2.07 bits per heavy atom. The first-order valence-corrected chi connectivity index (χ1v) is 5.30. The fourth-order valence-electron chi connectivity index (χ4n) is 0.914. The molecule has 5 nitrogen and oxygen atoms in total. The van der Waals surface area contributed by atoms with Crippen LogP contribution in [0.4, 0.5) is 5.69 Å². The third-order valence-corrected chi connectivity index (χ3v) is 1.92. The van der Waals surface area contributed by atoms with Crippen LogP contribution < -0.4 is 5.32 Å². The van der Waals surface area contributed by atoms with E-state index >= 15 is 0 Å². The van der Waals surface area contributed by atoms with E-state index in [-0.39, 0.29) is 6.61 Å². The van der Waals surface area contributed by atoms with Gasteiger partial charge in [0.1, 0.15) is 0 Å². The minimum atomic E-state index is -2.71. The summed E-state index contributed by atoms with van der Waals surface area (Å²) in [5, 5.41) is 3.10. The Kier molecular flexibility index (Phi) is 4.95. The zero-order valence-corrected chi connectivity index (χ0v) is 8.44. The van der Waals surface area contributed by atoms with Gasteiger partial charge in [0.25, 0.3) is 11.0 Å². The number of nitrogens with zero attached hydrogens (tertiary/aromatic N) is 1. The van der Waals surface area contributed by atoms with E-state index < -0.39 is 11.0 Å². The first kappa shape index (κ1) is 10.9. The van der Waals surface area contributed by atoms with Crippen LogP contribution in [0.1, 0.15) is 6.42 Å². The topological polar surface area (TPSA) is 68.3 Å². The normalized spacial score (nSPS) is 10.4. The fraction of sp³-hybridized carbons (Fsp3) is 0.375. The van der Waals surface area contributed by atoms with E-state index in [0.29, 0.717) is 13.0 Å². The SMILES string of the molecule is O=[SH](=O)OCCCNc1ccncc1. The lowest BCUT2D eigenvalue weighted by Gasteiger charge is -2.03. The van der Waals surface area contributed by atoms with E-state index in [1.807, 2.05) is 12.1 Å². The van der Waals surface area contributed by atoms with Crippen LogP contribution in [0.25, 0.3) is 0 Å². The van der Waals surface area contributed by atoms with E-state index in [1.54, 1.807) is 12.4 Å². The molecule has 6 heteroatoms. The second-order valence-electron chi connectivity index (χ2n) is 2.57. The van der Waals surface area contributed by atoms with Crippen LogP contribution in [-0.2, 0) is 15.2 Å². The fourth-order valence-corrected chi connectivity index (χ4v) is 1.19. The number of nitrogens with one attached hydrogen (secondary N) is 1. The molecule has 1 N–H and O–H groups in total. The molecule has 1 aromatic heterocycles. The van der Waals surface area contributed by atoms with Crippen molar-refractivity contribution in [2.24, 2.45) is 0 Å². The Morgan fingerprint density at radius 1 is 1.36 bits per heavy atom. The molecule has 0 aliphatic carbocycles. The molecule has 0 saturated carbocycles. The van der Waals surface area contributed by atoms with Crippen LogP contribution in [0, 0.1) is 0 Å². The lowest BCUT2D eigenvalue weighted by Crippen LogP contribution is -2.05. The standard InChI is InChI=1S/C8H12N2O3S/c11-14(12)13-7-1-4-10-8-2-5-9-6-3-8/h2-3,5-6,14H,1,4,7H2,(H,9,10). The molecule has 0 radical (unpaired) electrons. The van der Waals surface area contributed by atoms with Gasteiger partial charge < -0.3 is 5.32 Å². The minimum Gasteiger partial charge on any atom is -0.385 e. The zero-order valence-electron chi connectivity index (χ0n) is 7.55. The van der Waals surface area contributed by atoms with Gasteiger partial charge in [0.2, 0.25) is 0 Å². The van der Waals surface area contributed by atoms with Crippen LogP contribution >= 0.6 is 0 Å². The van der Waals surface area contributed by atoms with E-state index in [1.165, 1.54) is 0 Å². The predicted octanol–water partition coefficient (Wildman–Crippen LogP) is 0.427. The molecule has 0 aliphatic rings. The first-order valence-electron chi connectivity index (χ1n) is 4.20. The molecular weight excluding hydrogens is 204 g/mol. The quantitative estimate of drug-likeness (QED) is 0.533. The van der Waals surface area contributed by atoms with Crippen LogP contribution in [0.15, 0.2) is 24.5 Å². The van der Waals surface area contributed by atoms with Gasteiger partial charge in [-0.05, 0) is 18.6 Å². The van der Waals surface area contributed by atoms with Crippen molar-refractivity contribution in [1.29, 1.82) is 0 Å². The highest BCUT2D eigenvalue weighted by Crippen LogP contribution is 2.02. The molecule has 0 spiro atoms. The molecule has 78 valence electrons. The van der Waals surface area contributed by atoms with Crippen molar-refractivity contribution in [3.63, 3.8) is 0 Å². The molecular formula is C8H12N2O3S. The van der Waals surface area contributed by atoms with Gasteiger partial charge >= 0.3 is 0 Å². The number of thiol groups is 1. The van der Waals surface area contributed by atoms with E-state index in [0.717, 1.165) is 5.69 Å². The van der Waals surface area contributed by atoms with Crippen molar-refractivity contribution < 1.29 is 12.6 Å². The summed E-state index contributed by atoms with van der Waals surface area (Å²) in [7, 11) is -2.71. The number of rotatable bonds is 6. The van der Waals surface area contributed by atoms with Gasteiger partial charge in [-0.2, -0.15) is 0 Å². The monoisotopic (exact) mass is 216 g/mol. The number of anilines is 1. The lowest BCUT2D eigenvalue weighted by atomic mass is 10.4. The summed E-state index contributed by atoms with van der Waals surface area (Å²) in [5.41, 5.74) is 0.964. The molecule has 14 heavy (non-hydrogen) atoms. The molecule has 0 atom stereocenters. The molecule has 0 saturated heterocycles. The lowest BCUT2D eigenvalue weighted by molar-refractivity contribution is 0.330. The smallest absolute Gasteiger partial charge is 0.257 e. The summed E-state index contributed by atoms with van der Waals surface area (Å²) in [5.74, 6) is 0. The van der Waals surface area contributed by atoms with Crippen molar-refractivity contribution in [2.75, 3.05) is 18.5 Å². The van der Waals surface area contributed by atoms with Crippen LogP contribution in [-0.4, -0.2) is 26.6 Å². The number of aromatic nitrogens is 1. The highest BCUT2D eigenvalue weighted by Gasteiger charge is 1.91. The van der Waals surface area contributed by atoms with E-state index in [9.17, 15) is 8.42 Å². The summed E-state index contributed by atoms with van der Waals surface area (Å²) < 4.78 is 24.4. The molecule has 1 heterocycles. The molecule has 1 aromatic rings. The van der Waals surface area contributed by atoms with Crippen molar-refractivity contribution >= 4 is 16.7 Å². The molecule has 0 amide bonds. The van der Waals surface area contributed by atoms with E-state index in [2.05, 4.69) is 14.5 Å². The third kappa shape index (κ3) is 4.78. The molecule has 0 unspecified atom stereocenters. The van der Waals surface area contributed by atoms with E-state index in [4.69, 9.17) is 0 Å². The Morgan fingerprint density at radius 3 is 2.71 bits per heavy atom. The highest BCUT2D eigenvalue weighted by molar-refractivity contribution is 7.67. The number of pyridine rings is 1.